The van der Waals surface area contributed by atoms with E-state index in [1.54, 1.807) is 6.07 Å². The van der Waals surface area contributed by atoms with Crippen LogP contribution in [-0.2, 0) is 5.41 Å². The van der Waals surface area contributed by atoms with Gasteiger partial charge in [0.05, 0.1) is 6.61 Å². The van der Waals surface area contributed by atoms with Crippen molar-refractivity contribution < 1.29 is 5.11 Å². The van der Waals surface area contributed by atoms with Gasteiger partial charge in [-0.3, -0.25) is 0 Å². The van der Waals surface area contributed by atoms with Gasteiger partial charge in [0.1, 0.15) is 0 Å². The van der Waals surface area contributed by atoms with E-state index in [0.717, 1.165) is 12.1 Å². The van der Waals surface area contributed by atoms with E-state index in [9.17, 15) is 0 Å². The Morgan fingerprint density at radius 2 is 2.00 bits per heavy atom. The normalized spacial score (nSPS) is 11.8. The predicted molar refractivity (Wildman–Crippen MR) is 69.4 cm³/mol. The summed E-state index contributed by atoms with van der Waals surface area (Å²) in [7, 11) is 0. The molecule has 0 aromatic heterocycles. The van der Waals surface area contributed by atoms with Crippen LogP contribution in [0.2, 0.25) is 10.0 Å². The van der Waals surface area contributed by atoms with Crippen LogP contribution in [0.1, 0.15) is 19.4 Å². The van der Waals surface area contributed by atoms with Crippen molar-refractivity contribution in [1.29, 1.82) is 0 Å². The lowest BCUT2D eigenvalue weighted by atomic mass is 9.84. The highest BCUT2D eigenvalue weighted by Gasteiger charge is 2.22. The highest BCUT2D eigenvalue weighted by atomic mass is 35.5. The second kappa shape index (κ2) is 5.87. The summed E-state index contributed by atoms with van der Waals surface area (Å²) in [5, 5.41) is 13.2. The van der Waals surface area contributed by atoms with Crippen molar-refractivity contribution in [1.82, 2.24) is 5.32 Å². The van der Waals surface area contributed by atoms with Gasteiger partial charge in [0, 0.05) is 28.5 Å². The zero-order valence-electron chi connectivity index (χ0n) is 9.56. The van der Waals surface area contributed by atoms with Crippen molar-refractivity contribution in [3.8, 4) is 0 Å². The molecule has 4 heteroatoms. The topological polar surface area (TPSA) is 32.3 Å². The molecule has 0 aliphatic heterocycles. The lowest BCUT2D eigenvalue weighted by Gasteiger charge is -2.26. The molecule has 0 aliphatic rings. The van der Waals surface area contributed by atoms with Crippen molar-refractivity contribution in [3.63, 3.8) is 0 Å². The molecule has 1 rings (SSSR count). The average Bonchev–Trinajstić information content (AvgIpc) is 2.17. The highest BCUT2D eigenvalue weighted by molar-refractivity contribution is 6.35. The number of halogens is 2. The molecule has 1 aromatic rings. The van der Waals surface area contributed by atoms with E-state index in [0.29, 0.717) is 16.6 Å². The molecule has 0 heterocycles. The van der Waals surface area contributed by atoms with Crippen LogP contribution in [0, 0.1) is 0 Å². The van der Waals surface area contributed by atoms with Gasteiger partial charge in [0.15, 0.2) is 0 Å². The monoisotopic (exact) mass is 261 g/mol. The highest BCUT2D eigenvalue weighted by Crippen LogP contribution is 2.31. The van der Waals surface area contributed by atoms with Crippen LogP contribution in [0.3, 0.4) is 0 Å². The summed E-state index contributed by atoms with van der Waals surface area (Å²) in [4.78, 5) is 0. The van der Waals surface area contributed by atoms with Gasteiger partial charge in [0.2, 0.25) is 0 Å². The fourth-order valence-corrected chi connectivity index (χ4v) is 2.28. The Labute approximate surface area is 107 Å². The molecule has 0 amide bonds. The van der Waals surface area contributed by atoms with Gasteiger partial charge in [-0.1, -0.05) is 43.1 Å². The van der Waals surface area contributed by atoms with Crippen molar-refractivity contribution in [2.45, 2.75) is 19.3 Å². The Morgan fingerprint density at radius 1 is 1.31 bits per heavy atom. The van der Waals surface area contributed by atoms with Gasteiger partial charge in [0.25, 0.3) is 0 Å². The van der Waals surface area contributed by atoms with Gasteiger partial charge in [-0.15, -0.1) is 0 Å². The first-order chi connectivity index (χ1) is 7.47. The third-order valence-electron chi connectivity index (χ3n) is 2.52. The zero-order chi connectivity index (χ0) is 12.2. The summed E-state index contributed by atoms with van der Waals surface area (Å²) in [6.45, 7) is 5.70. The van der Waals surface area contributed by atoms with Crippen LogP contribution in [0.25, 0.3) is 0 Å². The number of aliphatic hydroxyl groups is 1. The minimum Gasteiger partial charge on any atom is -0.395 e. The maximum Gasteiger partial charge on any atom is 0.0555 e. The third kappa shape index (κ3) is 3.63. The largest absolute Gasteiger partial charge is 0.395 e. The van der Waals surface area contributed by atoms with E-state index < -0.39 is 0 Å². The minimum atomic E-state index is -0.0865. The summed E-state index contributed by atoms with van der Waals surface area (Å²) in [6, 6.07) is 5.55. The van der Waals surface area contributed by atoms with Crippen LogP contribution in [0.5, 0.6) is 0 Å². The molecule has 0 spiro atoms. The number of hydrogen-bond donors (Lipinski definition) is 2. The maximum atomic E-state index is 8.72. The predicted octanol–water partition coefficient (Wildman–Crippen LogP) is 2.85. The molecule has 0 saturated carbocycles. The number of nitrogens with one attached hydrogen (secondary N) is 1. The molecule has 1 aromatic carbocycles. The second-order valence-electron chi connectivity index (χ2n) is 4.41. The van der Waals surface area contributed by atoms with Gasteiger partial charge in [-0.25, -0.2) is 0 Å². The molecule has 0 radical (unpaired) electrons. The first-order valence-electron chi connectivity index (χ1n) is 5.24. The maximum absolute atomic E-state index is 8.72. The summed E-state index contributed by atoms with van der Waals surface area (Å²) < 4.78 is 0. The van der Waals surface area contributed by atoms with E-state index in [-0.39, 0.29) is 12.0 Å². The average molecular weight is 262 g/mol. The molecule has 2 nitrogen and oxygen atoms in total. The van der Waals surface area contributed by atoms with Crippen LogP contribution < -0.4 is 5.32 Å². The van der Waals surface area contributed by atoms with Gasteiger partial charge in [-0.2, -0.15) is 0 Å². The van der Waals surface area contributed by atoms with Crippen LogP contribution in [0.15, 0.2) is 18.2 Å². The smallest absolute Gasteiger partial charge is 0.0555 e. The van der Waals surface area contributed by atoms with Crippen molar-refractivity contribution in [3.05, 3.63) is 33.8 Å². The van der Waals surface area contributed by atoms with E-state index in [4.69, 9.17) is 28.3 Å². The molecule has 0 atom stereocenters. The quantitative estimate of drug-likeness (QED) is 0.800. The molecule has 0 bridgehead atoms. The van der Waals surface area contributed by atoms with Gasteiger partial charge in [-0.05, 0) is 17.7 Å². The van der Waals surface area contributed by atoms with Crippen LogP contribution in [-0.4, -0.2) is 24.8 Å². The van der Waals surface area contributed by atoms with E-state index >= 15 is 0 Å². The summed E-state index contributed by atoms with van der Waals surface area (Å²) in [5.41, 5.74) is 0.973. The molecular weight excluding hydrogens is 245 g/mol. The van der Waals surface area contributed by atoms with Crippen molar-refractivity contribution >= 4 is 23.2 Å². The molecular formula is C12H17Cl2NO. The number of hydrogen-bond acceptors (Lipinski definition) is 2. The minimum absolute atomic E-state index is 0.0865. The molecule has 2 N–H and O–H groups in total. The number of aliphatic hydroxyl groups excluding tert-OH is 1. The van der Waals surface area contributed by atoms with Crippen molar-refractivity contribution in [2.75, 3.05) is 19.7 Å². The van der Waals surface area contributed by atoms with E-state index in [2.05, 4.69) is 19.2 Å². The van der Waals surface area contributed by atoms with E-state index in [1.807, 2.05) is 12.1 Å². The van der Waals surface area contributed by atoms with E-state index in [1.165, 1.54) is 0 Å². The Morgan fingerprint density at radius 3 is 2.56 bits per heavy atom. The number of benzene rings is 1. The molecule has 0 fully saturated rings. The fourth-order valence-electron chi connectivity index (χ4n) is 1.61. The summed E-state index contributed by atoms with van der Waals surface area (Å²) in [5.74, 6) is 0. The Bertz CT molecular complexity index is 353. The SMILES string of the molecule is CC(C)(CNCCO)c1ccc(Cl)cc1Cl. The standard InChI is InChI=1S/C12H17Cl2NO/c1-12(2,8-15-5-6-16)10-4-3-9(13)7-11(10)14/h3-4,7,15-16H,5-6,8H2,1-2H3. The third-order valence-corrected chi connectivity index (χ3v) is 3.06. The Balaban J connectivity index is 2.80. The molecule has 0 unspecified atom stereocenters. The lowest BCUT2D eigenvalue weighted by Crippen LogP contribution is -2.34. The molecule has 90 valence electrons. The van der Waals surface area contributed by atoms with Crippen molar-refractivity contribution in [2.24, 2.45) is 0 Å². The first-order valence-corrected chi connectivity index (χ1v) is 6.00. The van der Waals surface area contributed by atoms with Crippen LogP contribution >= 0.6 is 23.2 Å². The lowest BCUT2D eigenvalue weighted by molar-refractivity contribution is 0.286. The van der Waals surface area contributed by atoms with Gasteiger partial charge >= 0.3 is 0 Å². The zero-order valence-corrected chi connectivity index (χ0v) is 11.1. The first kappa shape index (κ1) is 13.8. The number of rotatable bonds is 5. The van der Waals surface area contributed by atoms with Gasteiger partial charge < -0.3 is 10.4 Å². The molecule has 16 heavy (non-hydrogen) atoms. The fraction of sp³-hybridized carbons (Fsp3) is 0.500. The molecule has 0 saturated heterocycles. The Kier molecular flexibility index (Phi) is 5.06. The Hall–Kier alpha value is -0.280. The second-order valence-corrected chi connectivity index (χ2v) is 5.25. The summed E-state index contributed by atoms with van der Waals surface area (Å²) in [6.07, 6.45) is 0. The summed E-state index contributed by atoms with van der Waals surface area (Å²) >= 11 is 12.0. The molecule has 0 aliphatic carbocycles. The van der Waals surface area contributed by atoms with Crippen LogP contribution in [0.4, 0.5) is 0 Å².